The fourth-order valence-electron chi connectivity index (χ4n) is 1.18. The van der Waals surface area contributed by atoms with Crippen LogP contribution in [0.2, 0.25) is 5.15 Å². The molecule has 0 radical (unpaired) electrons. The van der Waals surface area contributed by atoms with Gasteiger partial charge in [0, 0.05) is 0 Å². The Hall–Kier alpha value is -1.29. The van der Waals surface area contributed by atoms with Gasteiger partial charge in [-0.1, -0.05) is 17.7 Å². The van der Waals surface area contributed by atoms with E-state index in [1.165, 1.54) is 12.1 Å². The minimum absolute atomic E-state index is 0.00565. The lowest BCUT2D eigenvalue weighted by Crippen LogP contribution is -1.94. The molecule has 0 aliphatic carbocycles. The van der Waals surface area contributed by atoms with Crippen LogP contribution >= 0.6 is 11.6 Å². The second-order valence-corrected chi connectivity index (χ2v) is 3.02. The van der Waals surface area contributed by atoms with Crippen molar-refractivity contribution in [3.63, 3.8) is 0 Å². The molecule has 1 heterocycles. The molecule has 0 saturated carbocycles. The number of benzene rings is 1. The largest absolute Gasteiger partial charge is 0.233 e. The maximum Gasteiger partial charge on any atom is 0.196 e. The highest BCUT2D eigenvalue weighted by Gasteiger charge is 2.16. The molecule has 0 saturated heterocycles. The van der Waals surface area contributed by atoms with Crippen molar-refractivity contribution in [2.45, 2.75) is 0 Å². The zero-order valence-corrected chi connectivity index (χ0v) is 7.45. The van der Waals surface area contributed by atoms with Gasteiger partial charge >= 0.3 is 0 Å². The number of halogens is 4. The van der Waals surface area contributed by atoms with Crippen LogP contribution in [0.3, 0.4) is 0 Å². The van der Waals surface area contributed by atoms with E-state index in [4.69, 9.17) is 11.6 Å². The van der Waals surface area contributed by atoms with Crippen LogP contribution in [0.25, 0.3) is 10.9 Å². The van der Waals surface area contributed by atoms with Crippen molar-refractivity contribution in [3.05, 3.63) is 40.8 Å². The van der Waals surface area contributed by atoms with Crippen molar-refractivity contribution < 1.29 is 13.2 Å². The molecular weight excluding hydrogens is 215 g/mol. The number of aromatic nitrogens is 1. The summed E-state index contributed by atoms with van der Waals surface area (Å²) in [5.74, 6) is -3.49. The average Bonchev–Trinajstić information content (AvgIpc) is 2.14. The van der Waals surface area contributed by atoms with Crippen LogP contribution in [0.1, 0.15) is 0 Å². The summed E-state index contributed by atoms with van der Waals surface area (Å²) in [6.07, 6.45) is 0. The Morgan fingerprint density at radius 2 is 1.79 bits per heavy atom. The Labute approximate surface area is 82.1 Å². The van der Waals surface area contributed by atoms with E-state index < -0.39 is 28.0 Å². The van der Waals surface area contributed by atoms with Crippen molar-refractivity contribution in [2.75, 3.05) is 0 Å². The van der Waals surface area contributed by atoms with Crippen molar-refractivity contribution in [1.29, 1.82) is 0 Å². The Bertz CT molecular complexity index is 513. The van der Waals surface area contributed by atoms with Gasteiger partial charge in [-0.05, 0) is 12.1 Å². The predicted molar refractivity (Wildman–Crippen MR) is 46.6 cm³/mol. The van der Waals surface area contributed by atoms with E-state index >= 15 is 0 Å². The van der Waals surface area contributed by atoms with E-state index in [1.807, 2.05) is 0 Å². The number of rotatable bonds is 0. The van der Waals surface area contributed by atoms with Crippen molar-refractivity contribution >= 4 is 22.5 Å². The summed E-state index contributed by atoms with van der Waals surface area (Å²) < 4.78 is 39.2. The van der Waals surface area contributed by atoms with Gasteiger partial charge < -0.3 is 0 Å². The Balaban J connectivity index is 2.99. The van der Waals surface area contributed by atoms with Gasteiger partial charge in [-0.25, -0.2) is 18.2 Å². The normalized spacial score (nSPS) is 10.9. The van der Waals surface area contributed by atoms with E-state index in [-0.39, 0.29) is 5.52 Å². The van der Waals surface area contributed by atoms with Gasteiger partial charge in [0.25, 0.3) is 0 Å². The first-order valence-electron chi connectivity index (χ1n) is 3.70. The molecule has 2 rings (SSSR count). The second-order valence-electron chi connectivity index (χ2n) is 2.66. The molecule has 0 aliphatic rings. The van der Waals surface area contributed by atoms with Crippen molar-refractivity contribution in [1.82, 2.24) is 4.98 Å². The highest BCUT2D eigenvalue weighted by molar-refractivity contribution is 6.30. The second kappa shape index (κ2) is 3.13. The van der Waals surface area contributed by atoms with E-state index in [9.17, 15) is 13.2 Å². The molecule has 5 heteroatoms. The third-order valence-electron chi connectivity index (χ3n) is 1.80. The lowest BCUT2D eigenvalue weighted by molar-refractivity contribution is 0.508. The predicted octanol–water partition coefficient (Wildman–Crippen LogP) is 3.31. The molecular formula is C9H3ClF3N. The standard InChI is InChI=1S/C9H3ClF3N/c10-9-8(13)7(12)6-4(11)2-1-3-5(6)14-9/h1-3H. The number of nitrogens with zero attached hydrogens (tertiary/aromatic N) is 1. The van der Waals surface area contributed by atoms with Crippen LogP contribution in [0.15, 0.2) is 18.2 Å². The summed E-state index contributed by atoms with van der Waals surface area (Å²) in [5, 5.41) is -1.07. The molecule has 0 unspecified atom stereocenters. The number of pyridine rings is 1. The first kappa shape index (κ1) is 9.27. The van der Waals surface area contributed by atoms with Crippen LogP contribution in [0, 0.1) is 17.5 Å². The van der Waals surface area contributed by atoms with Gasteiger partial charge in [-0.3, -0.25) is 0 Å². The van der Waals surface area contributed by atoms with Crippen LogP contribution in [-0.4, -0.2) is 4.98 Å². The molecule has 0 spiro atoms. The number of fused-ring (bicyclic) bond motifs is 1. The molecule has 2 aromatic rings. The summed E-state index contributed by atoms with van der Waals surface area (Å²) in [6, 6.07) is 3.73. The van der Waals surface area contributed by atoms with Crippen molar-refractivity contribution in [2.24, 2.45) is 0 Å². The summed E-state index contributed by atoms with van der Waals surface area (Å²) in [5.41, 5.74) is -0.00565. The molecule has 1 aromatic carbocycles. The Morgan fingerprint density at radius 3 is 2.50 bits per heavy atom. The summed E-state index contributed by atoms with van der Waals surface area (Å²) in [7, 11) is 0. The molecule has 0 fully saturated rings. The SMILES string of the molecule is Fc1c(Cl)nc2cccc(F)c2c1F. The molecule has 0 aliphatic heterocycles. The summed E-state index contributed by atoms with van der Waals surface area (Å²) >= 11 is 5.30. The fraction of sp³-hybridized carbons (Fsp3) is 0. The van der Waals surface area contributed by atoms with Crippen LogP contribution < -0.4 is 0 Å². The zero-order valence-electron chi connectivity index (χ0n) is 6.69. The fourth-order valence-corrected chi connectivity index (χ4v) is 1.35. The highest BCUT2D eigenvalue weighted by Crippen LogP contribution is 2.25. The third kappa shape index (κ3) is 1.23. The van der Waals surface area contributed by atoms with E-state index in [0.29, 0.717) is 0 Å². The Kier molecular flexibility index (Phi) is 2.07. The monoisotopic (exact) mass is 217 g/mol. The van der Waals surface area contributed by atoms with Gasteiger partial charge in [-0.15, -0.1) is 0 Å². The van der Waals surface area contributed by atoms with E-state index in [2.05, 4.69) is 4.98 Å². The van der Waals surface area contributed by atoms with Crippen LogP contribution in [0.5, 0.6) is 0 Å². The summed E-state index contributed by atoms with van der Waals surface area (Å²) in [6.45, 7) is 0. The molecule has 0 atom stereocenters. The van der Waals surface area contributed by atoms with Crippen molar-refractivity contribution in [3.8, 4) is 0 Å². The van der Waals surface area contributed by atoms with Crippen LogP contribution in [-0.2, 0) is 0 Å². The molecule has 14 heavy (non-hydrogen) atoms. The smallest absolute Gasteiger partial charge is 0.196 e. The summed E-state index contributed by atoms with van der Waals surface area (Å²) in [4.78, 5) is 3.51. The minimum atomic E-state index is -1.33. The topological polar surface area (TPSA) is 12.9 Å². The minimum Gasteiger partial charge on any atom is -0.233 e. The van der Waals surface area contributed by atoms with Gasteiger partial charge in [0.05, 0.1) is 10.9 Å². The van der Waals surface area contributed by atoms with Crippen LogP contribution in [0.4, 0.5) is 13.2 Å². The molecule has 72 valence electrons. The maximum atomic E-state index is 13.2. The third-order valence-corrected chi connectivity index (χ3v) is 2.05. The van der Waals surface area contributed by atoms with Gasteiger partial charge in [0.1, 0.15) is 5.82 Å². The molecule has 0 amide bonds. The molecule has 0 N–H and O–H groups in total. The van der Waals surface area contributed by atoms with Gasteiger partial charge in [0.2, 0.25) is 0 Å². The molecule has 0 bridgehead atoms. The lowest BCUT2D eigenvalue weighted by Gasteiger charge is -2.02. The Morgan fingerprint density at radius 1 is 1.07 bits per heavy atom. The van der Waals surface area contributed by atoms with Gasteiger partial charge in [0.15, 0.2) is 16.8 Å². The molecule has 1 nitrogen and oxygen atoms in total. The zero-order chi connectivity index (χ0) is 10.3. The average molecular weight is 218 g/mol. The van der Waals surface area contributed by atoms with E-state index in [0.717, 1.165) is 6.07 Å². The first-order valence-corrected chi connectivity index (χ1v) is 4.08. The number of hydrogen-bond donors (Lipinski definition) is 0. The van der Waals surface area contributed by atoms with E-state index in [1.54, 1.807) is 0 Å². The lowest BCUT2D eigenvalue weighted by atomic mass is 10.2. The number of hydrogen-bond acceptors (Lipinski definition) is 1. The molecule has 1 aromatic heterocycles. The highest BCUT2D eigenvalue weighted by atomic mass is 35.5. The van der Waals surface area contributed by atoms with Gasteiger partial charge in [-0.2, -0.15) is 0 Å². The quantitative estimate of drug-likeness (QED) is 0.617. The first-order chi connectivity index (χ1) is 6.61. The maximum absolute atomic E-state index is 13.2.